The van der Waals surface area contributed by atoms with E-state index >= 15 is 0 Å². The van der Waals surface area contributed by atoms with Crippen LogP contribution in [0.3, 0.4) is 0 Å². The molecule has 0 aliphatic rings. The van der Waals surface area contributed by atoms with Crippen molar-refractivity contribution in [1.29, 1.82) is 0 Å². The predicted molar refractivity (Wildman–Crippen MR) is 81.5 cm³/mol. The van der Waals surface area contributed by atoms with E-state index in [0.29, 0.717) is 19.5 Å². The molecule has 0 saturated carbocycles. The molecular formula is C14H21ClN2O4. The van der Waals surface area contributed by atoms with Crippen LogP contribution in [-0.4, -0.2) is 34.2 Å². The van der Waals surface area contributed by atoms with E-state index in [0.717, 1.165) is 18.4 Å². The van der Waals surface area contributed by atoms with Gasteiger partial charge in [-0.3, -0.25) is 4.79 Å². The molecule has 7 heteroatoms. The molecule has 1 rings (SSSR count). The first-order valence-corrected chi connectivity index (χ1v) is 6.93. The normalized spacial score (nSPS) is 11.1. The van der Waals surface area contributed by atoms with Crippen LogP contribution >= 0.6 is 11.6 Å². The summed E-state index contributed by atoms with van der Waals surface area (Å²) >= 11 is 4.19. The number of hydrogen-bond acceptors (Lipinski definition) is 4. The Kier molecular flexibility index (Phi) is 11.2. The second-order valence-corrected chi connectivity index (χ2v) is 4.62. The van der Waals surface area contributed by atoms with Crippen molar-refractivity contribution < 1.29 is 19.8 Å². The average Bonchev–Trinajstić information content (AvgIpc) is 2.43. The molecule has 5 N–H and O–H groups in total. The summed E-state index contributed by atoms with van der Waals surface area (Å²) in [4.78, 5) is 19.8. The molecule has 6 nitrogen and oxygen atoms in total. The van der Waals surface area contributed by atoms with E-state index in [2.05, 4.69) is 16.9 Å². The van der Waals surface area contributed by atoms with Crippen LogP contribution in [0.5, 0.6) is 0 Å². The van der Waals surface area contributed by atoms with Gasteiger partial charge in [-0.2, -0.15) is 0 Å². The van der Waals surface area contributed by atoms with Gasteiger partial charge in [0.2, 0.25) is 0 Å². The third-order valence-corrected chi connectivity index (χ3v) is 2.64. The SMILES string of the molecule is NCCCCC(NCc1ccccc1)C(=O)O.O=C(O)Cl. The van der Waals surface area contributed by atoms with Crippen molar-refractivity contribution in [2.75, 3.05) is 6.54 Å². The first kappa shape index (κ1) is 19.4. The lowest BCUT2D eigenvalue weighted by molar-refractivity contribution is -0.139. The average molecular weight is 317 g/mol. The van der Waals surface area contributed by atoms with Crippen molar-refractivity contribution in [3.8, 4) is 0 Å². The van der Waals surface area contributed by atoms with Crippen LogP contribution < -0.4 is 11.1 Å². The molecule has 0 fully saturated rings. The number of hydrogen-bond donors (Lipinski definition) is 4. The zero-order valence-electron chi connectivity index (χ0n) is 11.7. The molecule has 21 heavy (non-hydrogen) atoms. The van der Waals surface area contributed by atoms with Crippen molar-refractivity contribution in [3.63, 3.8) is 0 Å². The Bertz CT molecular complexity index is 411. The first-order chi connectivity index (χ1) is 9.97. The van der Waals surface area contributed by atoms with Crippen LogP contribution in [0, 0.1) is 0 Å². The zero-order chi connectivity index (χ0) is 16.1. The maximum Gasteiger partial charge on any atom is 0.401 e. The van der Waals surface area contributed by atoms with Gasteiger partial charge in [0.15, 0.2) is 0 Å². The fraction of sp³-hybridized carbons (Fsp3) is 0.429. The Morgan fingerprint density at radius 2 is 1.76 bits per heavy atom. The molecule has 1 aromatic rings. The fourth-order valence-corrected chi connectivity index (χ4v) is 1.64. The number of carbonyl (C=O) groups is 2. The monoisotopic (exact) mass is 316 g/mol. The van der Waals surface area contributed by atoms with Gasteiger partial charge in [0.1, 0.15) is 6.04 Å². The summed E-state index contributed by atoms with van der Waals surface area (Å²) in [5.74, 6) is -0.794. The lowest BCUT2D eigenvalue weighted by Gasteiger charge is -2.14. The van der Waals surface area contributed by atoms with Crippen LogP contribution in [0.25, 0.3) is 0 Å². The van der Waals surface area contributed by atoms with Crippen molar-refractivity contribution in [1.82, 2.24) is 5.32 Å². The van der Waals surface area contributed by atoms with Crippen LogP contribution in [0.4, 0.5) is 4.79 Å². The van der Waals surface area contributed by atoms with Gasteiger partial charge in [-0.1, -0.05) is 36.8 Å². The first-order valence-electron chi connectivity index (χ1n) is 6.56. The Balaban J connectivity index is 0.000000885. The Morgan fingerprint density at radius 3 is 2.24 bits per heavy atom. The minimum absolute atomic E-state index is 0.484. The molecule has 0 aliphatic heterocycles. The summed E-state index contributed by atoms with van der Waals surface area (Å²) in [5, 5.41) is 19.3. The summed E-state index contributed by atoms with van der Waals surface area (Å²) in [6, 6.07) is 9.31. The predicted octanol–water partition coefficient (Wildman–Crippen LogP) is 2.26. The van der Waals surface area contributed by atoms with E-state index in [4.69, 9.17) is 20.7 Å². The molecule has 0 spiro atoms. The van der Waals surface area contributed by atoms with E-state index in [1.807, 2.05) is 30.3 Å². The summed E-state index contributed by atoms with van der Waals surface area (Å²) in [7, 11) is 0. The molecule has 0 aliphatic carbocycles. The lowest BCUT2D eigenvalue weighted by atomic mass is 10.1. The van der Waals surface area contributed by atoms with Gasteiger partial charge in [0, 0.05) is 18.1 Å². The fourth-order valence-electron chi connectivity index (χ4n) is 1.64. The molecule has 118 valence electrons. The third kappa shape index (κ3) is 11.9. The van der Waals surface area contributed by atoms with Crippen LogP contribution in [0.15, 0.2) is 30.3 Å². The van der Waals surface area contributed by atoms with Gasteiger partial charge in [-0.25, -0.2) is 4.79 Å². The number of nitrogens with two attached hydrogens (primary N) is 1. The number of halogens is 1. The zero-order valence-corrected chi connectivity index (χ0v) is 12.4. The summed E-state index contributed by atoms with van der Waals surface area (Å²) < 4.78 is 0. The van der Waals surface area contributed by atoms with E-state index in [1.165, 1.54) is 0 Å². The second-order valence-electron chi connectivity index (χ2n) is 4.29. The van der Waals surface area contributed by atoms with E-state index in [9.17, 15) is 4.79 Å². The number of rotatable bonds is 8. The topological polar surface area (TPSA) is 113 Å². The number of nitrogens with one attached hydrogen (secondary N) is 1. The van der Waals surface area contributed by atoms with E-state index in [-0.39, 0.29) is 0 Å². The highest BCUT2D eigenvalue weighted by molar-refractivity contribution is 6.60. The molecule has 1 atom stereocenters. The number of carboxylic acid groups (broad SMARTS) is 2. The molecule has 0 amide bonds. The highest BCUT2D eigenvalue weighted by Crippen LogP contribution is 2.03. The Labute approximate surface area is 128 Å². The van der Waals surface area contributed by atoms with Crippen molar-refractivity contribution >= 4 is 23.0 Å². The molecule has 1 aromatic carbocycles. The van der Waals surface area contributed by atoms with Crippen molar-refractivity contribution in [2.45, 2.75) is 31.8 Å². The molecule has 0 saturated heterocycles. The number of carboxylic acids is 1. The highest BCUT2D eigenvalue weighted by Gasteiger charge is 2.15. The van der Waals surface area contributed by atoms with E-state index < -0.39 is 17.4 Å². The molecule has 0 bridgehead atoms. The molecular weight excluding hydrogens is 296 g/mol. The van der Waals surface area contributed by atoms with Crippen LogP contribution in [0.1, 0.15) is 24.8 Å². The number of unbranched alkanes of at least 4 members (excludes halogenated alkanes) is 1. The van der Waals surface area contributed by atoms with Gasteiger partial charge in [-0.05, 0) is 24.9 Å². The third-order valence-electron chi connectivity index (χ3n) is 2.64. The maximum atomic E-state index is 11.0. The van der Waals surface area contributed by atoms with E-state index in [1.54, 1.807) is 0 Å². The van der Waals surface area contributed by atoms with Gasteiger partial charge >= 0.3 is 11.4 Å². The standard InChI is InChI=1S/C13H20N2O2.CHClO2/c14-9-5-4-8-12(13(16)17)15-10-11-6-2-1-3-7-11;2-1(3)4/h1-3,6-7,12,15H,4-5,8-10,14H2,(H,16,17);(H,3,4). The maximum absolute atomic E-state index is 11.0. The minimum Gasteiger partial charge on any atom is -0.480 e. The molecule has 0 heterocycles. The summed E-state index contributed by atoms with van der Waals surface area (Å²) in [6.07, 6.45) is 2.34. The molecule has 0 radical (unpaired) electrons. The van der Waals surface area contributed by atoms with Crippen molar-refractivity contribution in [2.24, 2.45) is 5.73 Å². The lowest BCUT2D eigenvalue weighted by Crippen LogP contribution is -2.36. The number of aliphatic carboxylic acids is 1. The molecule has 0 aromatic heterocycles. The van der Waals surface area contributed by atoms with Gasteiger partial charge in [0.05, 0.1) is 0 Å². The summed E-state index contributed by atoms with van der Waals surface area (Å²) in [5.41, 5.74) is 5.12. The van der Waals surface area contributed by atoms with Crippen LogP contribution in [0.2, 0.25) is 0 Å². The molecule has 1 unspecified atom stereocenters. The Morgan fingerprint density at radius 1 is 1.19 bits per heavy atom. The highest BCUT2D eigenvalue weighted by atomic mass is 35.5. The second kappa shape index (κ2) is 12.1. The minimum atomic E-state index is -1.36. The van der Waals surface area contributed by atoms with Crippen LogP contribution in [-0.2, 0) is 11.3 Å². The van der Waals surface area contributed by atoms with Gasteiger partial charge < -0.3 is 21.3 Å². The van der Waals surface area contributed by atoms with Crippen molar-refractivity contribution in [3.05, 3.63) is 35.9 Å². The van der Waals surface area contributed by atoms with Gasteiger partial charge in [0.25, 0.3) is 0 Å². The Hall–Kier alpha value is -1.63. The quantitative estimate of drug-likeness (QED) is 0.432. The largest absolute Gasteiger partial charge is 0.480 e. The smallest absolute Gasteiger partial charge is 0.401 e. The number of benzene rings is 1. The summed E-state index contributed by atoms with van der Waals surface area (Å²) in [6.45, 7) is 1.20. The van der Waals surface area contributed by atoms with Gasteiger partial charge in [-0.15, -0.1) is 0 Å².